The van der Waals surface area contributed by atoms with Gasteiger partial charge in [-0.3, -0.25) is 9.59 Å². The largest absolute Gasteiger partial charge is 0.462 e. The zero-order valence-corrected chi connectivity index (χ0v) is 17.8. The standard InChI is InChI=1S/C25H36O3/c1-15(26)28-19-8-10-24(2)17(14-19)4-5-20-22-7-6-21(16-12-18(27)13-16)25(22,3)11-9-23(20)24/h4,16,19-23H,5-14H2,1-3H3/t19-,20-,21+,22-,23-,24-,25+/m0/s1. The van der Waals surface area contributed by atoms with E-state index in [9.17, 15) is 9.59 Å². The Morgan fingerprint density at radius 2 is 1.75 bits per heavy atom. The van der Waals surface area contributed by atoms with Crippen LogP contribution in [0.25, 0.3) is 0 Å². The molecule has 0 aromatic heterocycles. The molecule has 0 radical (unpaired) electrons. The van der Waals surface area contributed by atoms with Gasteiger partial charge in [0.2, 0.25) is 0 Å². The molecule has 0 saturated heterocycles. The van der Waals surface area contributed by atoms with E-state index in [2.05, 4.69) is 19.9 Å². The van der Waals surface area contributed by atoms with Gasteiger partial charge in [-0.25, -0.2) is 0 Å². The number of Topliss-reactive ketones (excluding diaryl/α,β-unsaturated/α-hetero) is 1. The van der Waals surface area contributed by atoms with Gasteiger partial charge in [-0.2, -0.15) is 0 Å². The van der Waals surface area contributed by atoms with Gasteiger partial charge in [-0.05, 0) is 85.4 Å². The monoisotopic (exact) mass is 384 g/mol. The lowest BCUT2D eigenvalue weighted by molar-refractivity contribution is -0.149. The van der Waals surface area contributed by atoms with E-state index in [1.165, 1.54) is 45.4 Å². The van der Waals surface area contributed by atoms with Crippen LogP contribution in [0, 0.1) is 40.4 Å². The number of rotatable bonds is 2. The van der Waals surface area contributed by atoms with Crippen LogP contribution < -0.4 is 0 Å². The number of carbonyl (C=O) groups is 2. The first-order chi connectivity index (χ1) is 13.3. The van der Waals surface area contributed by atoms with Crippen LogP contribution in [0.1, 0.15) is 85.0 Å². The number of ketones is 1. The van der Waals surface area contributed by atoms with Gasteiger partial charge in [-0.15, -0.1) is 0 Å². The summed E-state index contributed by atoms with van der Waals surface area (Å²) >= 11 is 0. The van der Waals surface area contributed by atoms with Crippen molar-refractivity contribution in [3.8, 4) is 0 Å². The zero-order valence-electron chi connectivity index (χ0n) is 17.8. The van der Waals surface area contributed by atoms with Gasteiger partial charge in [-0.1, -0.05) is 25.5 Å². The summed E-state index contributed by atoms with van der Waals surface area (Å²) in [6.45, 7) is 6.63. The number of carbonyl (C=O) groups excluding carboxylic acids is 2. The predicted molar refractivity (Wildman–Crippen MR) is 108 cm³/mol. The van der Waals surface area contributed by atoms with E-state index in [-0.39, 0.29) is 12.1 Å². The van der Waals surface area contributed by atoms with Gasteiger partial charge in [0, 0.05) is 26.2 Å². The van der Waals surface area contributed by atoms with Crippen LogP contribution in [0.5, 0.6) is 0 Å². The second-order valence-corrected chi connectivity index (χ2v) is 11.2. The summed E-state index contributed by atoms with van der Waals surface area (Å²) in [5.41, 5.74) is 2.35. The lowest BCUT2D eigenvalue weighted by Gasteiger charge is -2.58. The fourth-order valence-corrected chi connectivity index (χ4v) is 8.59. The Bertz CT molecular complexity index is 715. The van der Waals surface area contributed by atoms with Gasteiger partial charge in [0.15, 0.2) is 0 Å². The third-order valence-electron chi connectivity index (χ3n) is 10.0. The van der Waals surface area contributed by atoms with Crippen LogP contribution >= 0.6 is 0 Å². The van der Waals surface area contributed by atoms with Crippen molar-refractivity contribution in [1.29, 1.82) is 0 Å². The van der Waals surface area contributed by atoms with Crippen LogP contribution in [-0.2, 0) is 14.3 Å². The van der Waals surface area contributed by atoms with Gasteiger partial charge in [0.25, 0.3) is 0 Å². The molecule has 3 heteroatoms. The number of fused-ring (bicyclic) bond motifs is 5. The smallest absolute Gasteiger partial charge is 0.302 e. The molecule has 4 saturated carbocycles. The molecule has 5 aliphatic carbocycles. The van der Waals surface area contributed by atoms with E-state index in [1.807, 2.05) is 0 Å². The summed E-state index contributed by atoms with van der Waals surface area (Å²) in [5, 5.41) is 0. The van der Waals surface area contributed by atoms with Crippen molar-refractivity contribution in [2.45, 2.75) is 91.1 Å². The first kappa shape index (κ1) is 18.9. The van der Waals surface area contributed by atoms with Crippen molar-refractivity contribution < 1.29 is 14.3 Å². The lowest BCUT2D eigenvalue weighted by atomic mass is 9.46. The molecule has 0 bridgehead atoms. The van der Waals surface area contributed by atoms with Crippen LogP contribution in [0.15, 0.2) is 11.6 Å². The Hall–Kier alpha value is -1.12. The van der Waals surface area contributed by atoms with Gasteiger partial charge in [0.1, 0.15) is 11.9 Å². The molecule has 0 N–H and O–H groups in total. The number of hydrogen-bond acceptors (Lipinski definition) is 3. The zero-order chi connectivity index (χ0) is 19.7. The fraction of sp³-hybridized carbons (Fsp3) is 0.840. The molecule has 28 heavy (non-hydrogen) atoms. The van der Waals surface area contributed by atoms with E-state index in [1.54, 1.807) is 5.57 Å². The molecule has 0 heterocycles. The molecule has 154 valence electrons. The summed E-state index contributed by atoms with van der Waals surface area (Å²) in [5.74, 6) is 4.28. The maximum absolute atomic E-state index is 11.6. The Morgan fingerprint density at radius 3 is 2.46 bits per heavy atom. The van der Waals surface area contributed by atoms with Crippen molar-refractivity contribution in [3.05, 3.63) is 11.6 Å². The summed E-state index contributed by atoms with van der Waals surface area (Å²) in [4.78, 5) is 23.0. The van der Waals surface area contributed by atoms with E-state index in [4.69, 9.17) is 4.74 Å². The topological polar surface area (TPSA) is 43.4 Å². The summed E-state index contributed by atoms with van der Waals surface area (Å²) < 4.78 is 5.57. The van der Waals surface area contributed by atoms with Crippen LogP contribution in [0.2, 0.25) is 0 Å². The SMILES string of the molecule is CC(=O)O[C@H]1CC[C@@]2(C)C(=CC[C@H]3[C@@H]4CC[C@H](C5CC(=O)C5)[C@@]4(C)CC[C@@H]32)C1. The van der Waals surface area contributed by atoms with Crippen LogP contribution in [0.4, 0.5) is 0 Å². The van der Waals surface area contributed by atoms with Crippen molar-refractivity contribution in [2.75, 3.05) is 0 Å². The predicted octanol–water partition coefficient (Wildman–Crippen LogP) is 5.48. The van der Waals surface area contributed by atoms with Gasteiger partial charge in [0.05, 0.1) is 0 Å². The third kappa shape index (κ3) is 2.67. The summed E-state index contributed by atoms with van der Waals surface area (Å²) in [6, 6.07) is 0. The Labute approximate surface area is 169 Å². The molecule has 0 aliphatic heterocycles. The van der Waals surface area contributed by atoms with Crippen molar-refractivity contribution >= 4 is 11.8 Å². The van der Waals surface area contributed by atoms with Crippen LogP contribution in [0.3, 0.4) is 0 Å². The lowest BCUT2D eigenvalue weighted by Crippen LogP contribution is -2.51. The van der Waals surface area contributed by atoms with E-state index in [0.29, 0.717) is 22.5 Å². The Kier molecular flexibility index (Phi) is 4.34. The second-order valence-electron chi connectivity index (χ2n) is 11.2. The average Bonchev–Trinajstić information content (AvgIpc) is 2.96. The van der Waals surface area contributed by atoms with E-state index >= 15 is 0 Å². The Morgan fingerprint density at radius 1 is 1.00 bits per heavy atom. The number of hydrogen-bond donors (Lipinski definition) is 0. The molecule has 4 fully saturated rings. The molecule has 5 rings (SSSR count). The molecule has 0 amide bonds. The first-order valence-electron chi connectivity index (χ1n) is 11.7. The molecule has 0 aromatic rings. The van der Waals surface area contributed by atoms with Crippen molar-refractivity contribution in [1.82, 2.24) is 0 Å². The molecule has 0 unspecified atom stereocenters. The molecular weight excluding hydrogens is 348 g/mol. The quantitative estimate of drug-likeness (QED) is 0.468. The normalized spacial score (nSPS) is 48.0. The molecule has 0 aromatic carbocycles. The molecule has 7 atom stereocenters. The number of allylic oxidation sites excluding steroid dienone is 1. The van der Waals surface area contributed by atoms with E-state index in [0.717, 1.165) is 49.4 Å². The highest BCUT2D eigenvalue weighted by Crippen LogP contribution is 2.68. The van der Waals surface area contributed by atoms with Crippen LogP contribution in [-0.4, -0.2) is 17.9 Å². The minimum atomic E-state index is -0.136. The highest BCUT2D eigenvalue weighted by atomic mass is 16.5. The number of ether oxygens (including phenoxy) is 1. The summed E-state index contributed by atoms with van der Waals surface area (Å²) in [7, 11) is 0. The third-order valence-corrected chi connectivity index (χ3v) is 10.0. The highest BCUT2D eigenvalue weighted by Gasteiger charge is 2.60. The minimum absolute atomic E-state index is 0.0919. The first-order valence-corrected chi connectivity index (χ1v) is 11.7. The molecular formula is C25H36O3. The van der Waals surface area contributed by atoms with Gasteiger partial charge >= 0.3 is 5.97 Å². The number of esters is 1. The molecule has 0 spiro atoms. The highest BCUT2D eigenvalue weighted by molar-refractivity contribution is 5.84. The molecule has 5 aliphatic rings. The van der Waals surface area contributed by atoms with E-state index < -0.39 is 0 Å². The molecule has 3 nitrogen and oxygen atoms in total. The van der Waals surface area contributed by atoms with Gasteiger partial charge < -0.3 is 4.74 Å². The maximum atomic E-state index is 11.6. The fourth-order valence-electron chi connectivity index (χ4n) is 8.59. The average molecular weight is 385 g/mol. The maximum Gasteiger partial charge on any atom is 0.302 e. The Balaban J connectivity index is 1.37. The summed E-state index contributed by atoms with van der Waals surface area (Å²) in [6.07, 6.45) is 14.1. The minimum Gasteiger partial charge on any atom is -0.462 e. The second kappa shape index (κ2) is 6.44. The van der Waals surface area contributed by atoms with Crippen molar-refractivity contribution in [3.63, 3.8) is 0 Å². The van der Waals surface area contributed by atoms with Crippen molar-refractivity contribution in [2.24, 2.45) is 40.4 Å².